The Bertz CT molecular complexity index is 1260. The molecule has 17 unspecified atom stereocenters. The van der Waals surface area contributed by atoms with Crippen molar-refractivity contribution in [1.29, 1.82) is 0 Å². The molecule has 0 aliphatic carbocycles. The van der Waals surface area contributed by atoms with E-state index in [0.717, 1.165) is 65.8 Å². The molecule has 0 aromatic carbocycles. The van der Waals surface area contributed by atoms with Crippen molar-refractivity contribution in [2.45, 2.75) is 114 Å². The fraction of sp³-hybridized carbons (Fsp3) is 1.00. The van der Waals surface area contributed by atoms with E-state index in [1.54, 1.807) is 0 Å². The lowest BCUT2D eigenvalue weighted by atomic mass is 9.92. The van der Waals surface area contributed by atoms with Crippen LogP contribution in [0.2, 0.25) is 0 Å². The van der Waals surface area contributed by atoms with Crippen molar-refractivity contribution >= 4 is 0 Å². The summed E-state index contributed by atoms with van der Waals surface area (Å²) in [6.45, 7) is 27.3. The fourth-order valence-electron chi connectivity index (χ4n) is 8.03. The van der Waals surface area contributed by atoms with E-state index in [2.05, 4.69) is 59.5 Å². The third-order valence-electron chi connectivity index (χ3n) is 13.7. The van der Waals surface area contributed by atoms with Crippen LogP contribution in [0, 0.1) is 10.8 Å². The Morgan fingerprint density at radius 1 is 0.417 bits per heavy atom. The first-order valence-electron chi connectivity index (χ1n) is 26.7. The van der Waals surface area contributed by atoms with Crippen LogP contribution in [0.15, 0.2) is 0 Å². The molecule has 9 aliphatic rings. The molecule has 0 aromatic heterocycles. The van der Waals surface area contributed by atoms with Gasteiger partial charge < -0.3 is 87.7 Å². The molecule has 6 N–H and O–H groups in total. The Morgan fingerprint density at radius 2 is 0.597 bits per heavy atom. The molecular formula is C50H95N5O17. The maximum absolute atomic E-state index is 10.5. The van der Waals surface area contributed by atoms with E-state index >= 15 is 0 Å². The van der Waals surface area contributed by atoms with Crippen molar-refractivity contribution in [2.24, 2.45) is 10.8 Å². The summed E-state index contributed by atoms with van der Waals surface area (Å²) < 4.78 is 68.5. The topological polar surface area (TPSA) is 259 Å². The second kappa shape index (κ2) is 30.9. The number of β-amino-alcohol motifs (C(OH)–C–C–N with tert-alkyl or cyclic N) is 4. The van der Waals surface area contributed by atoms with Gasteiger partial charge in [-0.05, 0) is 34.6 Å². The van der Waals surface area contributed by atoms with Crippen LogP contribution in [0.1, 0.15) is 34.6 Å². The van der Waals surface area contributed by atoms with Crippen molar-refractivity contribution in [1.82, 2.24) is 24.9 Å². The highest BCUT2D eigenvalue weighted by molar-refractivity contribution is 4.90. The molecule has 0 amide bonds. The van der Waals surface area contributed by atoms with E-state index in [4.69, 9.17) is 61.9 Å². The maximum Gasteiger partial charge on any atom is 0.104 e. The molecule has 9 saturated heterocycles. The van der Waals surface area contributed by atoms with Crippen LogP contribution in [-0.2, 0) is 56.8 Å². The van der Waals surface area contributed by atoms with Gasteiger partial charge in [-0.2, -0.15) is 0 Å². The van der Waals surface area contributed by atoms with Gasteiger partial charge in [0.05, 0.1) is 167 Å². The van der Waals surface area contributed by atoms with E-state index in [1.807, 2.05) is 0 Å². The molecule has 9 fully saturated rings. The second-order valence-electron chi connectivity index (χ2n) is 22.1. The first-order chi connectivity index (χ1) is 34.7. The summed E-state index contributed by atoms with van der Waals surface area (Å²) >= 11 is 0. The van der Waals surface area contributed by atoms with Crippen LogP contribution < -0.4 is 5.32 Å². The monoisotopic (exact) mass is 1040 g/mol. The highest BCUT2D eigenvalue weighted by Crippen LogP contribution is 2.27. The maximum atomic E-state index is 10.5. The molecule has 22 heteroatoms. The highest BCUT2D eigenvalue weighted by atomic mass is 16.6. The quantitative estimate of drug-likeness (QED) is 0.0348. The first kappa shape index (κ1) is 60.4. The third kappa shape index (κ3) is 26.4. The Labute approximate surface area is 429 Å². The number of hydrogen-bond acceptors (Lipinski definition) is 22. The molecule has 0 aromatic rings. The average Bonchev–Trinajstić information content (AvgIpc) is 4.13. The van der Waals surface area contributed by atoms with E-state index < -0.39 is 29.8 Å². The molecule has 72 heavy (non-hydrogen) atoms. The number of nitrogens with zero attached hydrogens (tertiary/aromatic N) is 4. The molecule has 422 valence electrons. The predicted molar refractivity (Wildman–Crippen MR) is 264 cm³/mol. The van der Waals surface area contributed by atoms with Crippen molar-refractivity contribution in [3.05, 3.63) is 0 Å². The summed E-state index contributed by atoms with van der Waals surface area (Å²) in [5.74, 6) is 0. The Hall–Kier alpha value is -0.880. The van der Waals surface area contributed by atoms with E-state index in [-0.39, 0.29) is 82.7 Å². The summed E-state index contributed by atoms with van der Waals surface area (Å²) in [6, 6.07) is 2.84. The van der Waals surface area contributed by atoms with Gasteiger partial charge in [0.15, 0.2) is 0 Å². The molecular weight excluding hydrogens is 943 g/mol. The lowest BCUT2D eigenvalue weighted by Gasteiger charge is -2.34. The molecule has 0 saturated carbocycles. The second-order valence-corrected chi connectivity index (χ2v) is 22.1. The van der Waals surface area contributed by atoms with Crippen LogP contribution in [0.5, 0.6) is 0 Å². The average molecular weight is 1040 g/mol. The minimum atomic E-state index is -0.750. The normalized spacial score (nSPS) is 35.0. The minimum Gasteiger partial charge on any atom is -0.400 e. The number of aliphatic hydroxyl groups excluding tert-OH is 5. The summed E-state index contributed by atoms with van der Waals surface area (Å²) in [4.78, 5) is 8.74. The van der Waals surface area contributed by atoms with E-state index in [1.165, 1.54) is 6.54 Å². The van der Waals surface area contributed by atoms with Gasteiger partial charge in [0.25, 0.3) is 0 Å². The van der Waals surface area contributed by atoms with Gasteiger partial charge in [0.2, 0.25) is 0 Å². The van der Waals surface area contributed by atoms with Crippen molar-refractivity contribution in [3.8, 4) is 0 Å². The number of nitrogens with one attached hydrogen (secondary N) is 1. The minimum absolute atomic E-state index is 0.172. The van der Waals surface area contributed by atoms with Crippen molar-refractivity contribution < 1.29 is 82.4 Å². The summed E-state index contributed by atoms with van der Waals surface area (Å²) in [5, 5.41) is 52.0. The fourth-order valence-corrected chi connectivity index (χ4v) is 8.03. The van der Waals surface area contributed by atoms with Crippen LogP contribution in [0.4, 0.5) is 0 Å². The summed E-state index contributed by atoms with van der Waals surface area (Å²) in [7, 11) is 1.00. The Kier molecular flexibility index (Phi) is 25.9. The number of epoxide rings is 4. The third-order valence-corrected chi connectivity index (χ3v) is 13.7. The molecule has 9 rings (SSSR count). The van der Waals surface area contributed by atoms with Gasteiger partial charge in [0, 0.05) is 96.2 Å². The van der Waals surface area contributed by atoms with Gasteiger partial charge >= 0.3 is 0 Å². The van der Waals surface area contributed by atoms with E-state index in [0.29, 0.717) is 103 Å². The Morgan fingerprint density at radius 3 is 0.750 bits per heavy atom. The first-order valence-corrected chi connectivity index (χ1v) is 26.7. The molecule has 0 radical (unpaired) electrons. The smallest absolute Gasteiger partial charge is 0.104 e. The summed E-state index contributed by atoms with van der Waals surface area (Å²) in [5.41, 5.74) is -1.10. The standard InChI is InChI=1S/C29H56N4O8.C17H28O8.C3H7N.CH4O/c1-21-5-30(21)9-25(34)13-38-17-29(18-39-14-26(35)10-31-6-22(31)2,19-40-15-27(36)11-32-7-23(32)3)20-41-16-28(37)12-33-8-24(33)4;1(13-5-22-13)18-9-17(10-19-2-14-6-23-14,11-20-3-15-7-24-15)12-21-4-16-8-25-16;1-3-2-4-3;1-2/h21-28,34-37H,5-20H2,1-4H3;13-16H,1-12H2;3-4H,2H2,1H3;2H,1H3. The number of hydrogen-bond donors (Lipinski definition) is 6. The molecule has 0 spiro atoms. The van der Waals surface area contributed by atoms with Crippen LogP contribution in [-0.4, -0.2) is 322 Å². The SMILES string of the molecule is C(OCC(COCC1CO1)(COCC1CO1)COCC1CO1)C1CO1.CC1CN1.CC1CN1CC(O)COCC(COCC(O)CN1CC1C)(COCC(O)CN1CC1C)COCC(O)CN1CC1C.CO. The van der Waals surface area contributed by atoms with E-state index in [9.17, 15) is 20.4 Å². The van der Waals surface area contributed by atoms with Crippen LogP contribution in [0.25, 0.3) is 0 Å². The van der Waals surface area contributed by atoms with Gasteiger partial charge in [-0.3, -0.25) is 19.6 Å². The largest absolute Gasteiger partial charge is 0.400 e. The molecule has 9 aliphatic heterocycles. The lowest BCUT2D eigenvalue weighted by molar-refractivity contribution is -0.132. The lowest BCUT2D eigenvalue weighted by Crippen LogP contribution is -2.44. The van der Waals surface area contributed by atoms with Crippen molar-refractivity contribution in [3.63, 3.8) is 0 Å². The van der Waals surface area contributed by atoms with Crippen LogP contribution in [0.3, 0.4) is 0 Å². The van der Waals surface area contributed by atoms with Gasteiger partial charge in [-0.15, -0.1) is 0 Å². The molecule has 0 bridgehead atoms. The van der Waals surface area contributed by atoms with Crippen molar-refractivity contribution in [2.75, 3.05) is 198 Å². The van der Waals surface area contributed by atoms with Gasteiger partial charge in [-0.25, -0.2) is 0 Å². The summed E-state index contributed by atoms with van der Waals surface area (Å²) in [6.07, 6.45) is -1.48. The zero-order chi connectivity index (χ0) is 51.5. The molecule has 17 atom stereocenters. The Balaban J connectivity index is 0.000000230. The predicted octanol–water partition coefficient (Wildman–Crippen LogP) is -2.48. The number of rotatable bonds is 40. The number of ether oxygens (including phenoxy) is 12. The zero-order valence-corrected chi connectivity index (χ0v) is 44.4. The van der Waals surface area contributed by atoms with Crippen LogP contribution >= 0.6 is 0 Å². The van der Waals surface area contributed by atoms with Gasteiger partial charge in [-0.1, -0.05) is 0 Å². The molecule has 22 nitrogen and oxygen atoms in total. The zero-order valence-electron chi connectivity index (χ0n) is 44.4. The van der Waals surface area contributed by atoms with Gasteiger partial charge in [0.1, 0.15) is 24.4 Å². The highest BCUT2D eigenvalue weighted by Gasteiger charge is 2.39. The molecule has 9 heterocycles. The number of aliphatic hydroxyl groups is 5.